The second-order valence-electron chi connectivity index (χ2n) is 5.03. The van der Waals surface area contributed by atoms with Gasteiger partial charge in [-0.15, -0.1) is 0 Å². The van der Waals surface area contributed by atoms with Gasteiger partial charge < -0.3 is 10.1 Å². The molecule has 0 atom stereocenters. The van der Waals surface area contributed by atoms with Crippen molar-refractivity contribution >= 4 is 17.4 Å². The molecule has 0 spiro atoms. The summed E-state index contributed by atoms with van der Waals surface area (Å²) in [6.45, 7) is 1.52. The average molecular weight is 318 g/mol. The first kappa shape index (κ1) is 16.5. The molecule has 2 rings (SSSR count). The van der Waals surface area contributed by atoms with Gasteiger partial charge >= 0.3 is 0 Å². The maximum Gasteiger partial charge on any atom is 0.164 e. The molecule has 0 aliphatic carbocycles. The van der Waals surface area contributed by atoms with Gasteiger partial charge in [-0.05, 0) is 54.9 Å². The summed E-state index contributed by atoms with van der Waals surface area (Å²) < 4.78 is 5.08. The zero-order valence-corrected chi connectivity index (χ0v) is 13.4. The first-order valence-corrected chi connectivity index (χ1v) is 7.69. The van der Waals surface area contributed by atoms with Crippen LogP contribution in [0.1, 0.15) is 22.3 Å². The number of hydrogen-bond donors (Lipinski definition) is 1. The summed E-state index contributed by atoms with van der Waals surface area (Å²) in [5, 5.41) is 4.04. The normalized spacial score (nSPS) is 10.5. The van der Waals surface area contributed by atoms with Crippen LogP contribution < -0.4 is 10.1 Å². The highest BCUT2D eigenvalue weighted by Crippen LogP contribution is 2.12. The van der Waals surface area contributed by atoms with E-state index in [4.69, 9.17) is 16.3 Å². The second-order valence-corrected chi connectivity index (χ2v) is 5.46. The minimum Gasteiger partial charge on any atom is -0.497 e. The van der Waals surface area contributed by atoms with Gasteiger partial charge in [-0.2, -0.15) is 0 Å². The van der Waals surface area contributed by atoms with E-state index in [0.717, 1.165) is 29.3 Å². The maximum absolute atomic E-state index is 12.0. The molecule has 0 saturated carbocycles. The molecule has 0 bridgehead atoms. The summed E-state index contributed by atoms with van der Waals surface area (Å²) in [7, 11) is 1.61. The predicted octanol–water partition coefficient (Wildman–Crippen LogP) is 3.75. The summed E-state index contributed by atoms with van der Waals surface area (Å²) in [4.78, 5) is 12.0. The number of ketones is 1. The fourth-order valence-electron chi connectivity index (χ4n) is 2.13. The van der Waals surface area contributed by atoms with E-state index in [1.807, 2.05) is 24.3 Å². The first-order valence-electron chi connectivity index (χ1n) is 7.31. The Morgan fingerprint density at radius 3 is 2.36 bits per heavy atom. The molecular formula is C18H20ClNO2. The Bertz CT molecular complexity index is 593. The smallest absolute Gasteiger partial charge is 0.164 e. The lowest BCUT2D eigenvalue weighted by Crippen LogP contribution is -2.21. The van der Waals surface area contributed by atoms with Crippen LogP contribution >= 0.6 is 11.6 Å². The number of carbonyl (C=O) groups excluding carboxylic acids is 1. The Balaban J connectivity index is 1.67. The number of Topliss-reactive ketones (excluding diaryl/α,β-unsaturated/α-hetero) is 1. The van der Waals surface area contributed by atoms with E-state index < -0.39 is 0 Å². The van der Waals surface area contributed by atoms with Crippen molar-refractivity contribution in [3.05, 3.63) is 64.7 Å². The molecule has 0 heterocycles. The molecule has 3 nitrogen and oxygen atoms in total. The Kier molecular flexibility index (Phi) is 6.44. The van der Waals surface area contributed by atoms with E-state index in [0.29, 0.717) is 13.0 Å². The van der Waals surface area contributed by atoms with Gasteiger partial charge in [0.05, 0.1) is 7.11 Å². The number of hydrogen-bond acceptors (Lipinski definition) is 3. The van der Waals surface area contributed by atoms with Crippen molar-refractivity contribution in [2.45, 2.75) is 12.8 Å². The molecule has 2 aromatic carbocycles. The number of benzene rings is 2. The summed E-state index contributed by atoms with van der Waals surface area (Å²) in [6, 6.07) is 15.0. The van der Waals surface area contributed by atoms with Gasteiger partial charge in [0.2, 0.25) is 0 Å². The Hall–Kier alpha value is -1.84. The zero-order valence-electron chi connectivity index (χ0n) is 12.6. The van der Waals surface area contributed by atoms with Gasteiger partial charge in [-0.25, -0.2) is 0 Å². The molecule has 0 aromatic heterocycles. The second kappa shape index (κ2) is 8.57. The quantitative estimate of drug-likeness (QED) is 0.595. The molecule has 1 N–H and O–H groups in total. The highest BCUT2D eigenvalue weighted by Gasteiger charge is 2.05. The molecule has 0 saturated heterocycles. The van der Waals surface area contributed by atoms with Crippen LogP contribution in [0.25, 0.3) is 0 Å². The lowest BCUT2D eigenvalue weighted by molar-refractivity contribution is 0.0982. The third-order valence-corrected chi connectivity index (χ3v) is 3.70. The van der Waals surface area contributed by atoms with Crippen molar-refractivity contribution in [3.8, 4) is 5.75 Å². The number of halogens is 1. The van der Waals surface area contributed by atoms with E-state index in [1.165, 1.54) is 5.56 Å². The summed E-state index contributed by atoms with van der Waals surface area (Å²) >= 11 is 5.85. The third-order valence-electron chi connectivity index (χ3n) is 3.44. The molecule has 0 aliphatic heterocycles. The summed E-state index contributed by atoms with van der Waals surface area (Å²) in [6.07, 6.45) is 1.42. The Morgan fingerprint density at radius 1 is 1.05 bits per heavy atom. The Morgan fingerprint density at radius 2 is 1.73 bits per heavy atom. The fourth-order valence-corrected chi connectivity index (χ4v) is 2.26. The van der Waals surface area contributed by atoms with Crippen LogP contribution in [0.3, 0.4) is 0 Å². The van der Waals surface area contributed by atoms with Crippen molar-refractivity contribution in [1.29, 1.82) is 0 Å². The van der Waals surface area contributed by atoms with Crippen LogP contribution in [0.4, 0.5) is 0 Å². The van der Waals surface area contributed by atoms with Crippen molar-refractivity contribution in [2.75, 3.05) is 20.2 Å². The van der Waals surface area contributed by atoms with Crippen LogP contribution in [-0.2, 0) is 6.42 Å². The van der Waals surface area contributed by atoms with Gasteiger partial charge in [0.1, 0.15) is 5.75 Å². The van der Waals surface area contributed by atoms with Gasteiger partial charge in [-0.3, -0.25) is 4.79 Å². The zero-order chi connectivity index (χ0) is 15.8. The van der Waals surface area contributed by atoms with Crippen LogP contribution in [0.2, 0.25) is 5.02 Å². The SMILES string of the molecule is COc1ccc(C(=O)CCNCCc2ccc(Cl)cc2)cc1. The molecule has 4 heteroatoms. The third kappa shape index (κ3) is 5.17. The van der Waals surface area contributed by atoms with E-state index in [1.54, 1.807) is 31.4 Å². The van der Waals surface area contributed by atoms with Crippen LogP contribution in [0.5, 0.6) is 5.75 Å². The molecule has 0 fully saturated rings. The van der Waals surface area contributed by atoms with Gasteiger partial charge in [0, 0.05) is 23.6 Å². The molecule has 0 radical (unpaired) electrons. The molecule has 0 unspecified atom stereocenters. The summed E-state index contributed by atoms with van der Waals surface area (Å²) in [5.74, 6) is 0.902. The van der Waals surface area contributed by atoms with E-state index >= 15 is 0 Å². The monoisotopic (exact) mass is 317 g/mol. The number of methoxy groups -OCH3 is 1. The number of nitrogens with one attached hydrogen (secondary N) is 1. The maximum atomic E-state index is 12.0. The average Bonchev–Trinajstić information content (AvgIpc) is 2.56. The van der Waals surface area contributed by atoms with Gasteiger partial charge in [-0.1, -0.05) is 23.7 Å². The molecule has 2 aromatic rings. The molecule has 0 amide bonds. The van der Waals surface area contributed by atoms with E-state index in [-0.39, 0.29) is 5.78 Å². The first-order chi connectivity index (χ1) is 10.7. The van der Waals surface area contributed by atoms with Crippen LogP contribution in [-0.4, -0.2) is 26.0 Å². The molecule has 22 heavy (non-hydrogen) atoms. The lowest BCUT2D eigenvalue weighted by atomic mass is 10.1. The number of carbonyl (C=O) groups is 1. The predicted molar refractivity (Wildman–Crippen MR) is 90.0 cm³/mol. The van der Waals surface area contributed by atoms with Crippen molar-refractivity contribution in [1.82, 2.24) is 5.32 Å². The molecule has 0 aliphatic rings. The van der Waals surface area contributed by atoms with Gasteiger partial charge in [0.15, 0.2) is 5.78 Å². The molecular weight excluding hydrogens is 298 g/mol. The number of rotatable bonds is 8. The fraction of sp³-hybridized carbons (Fsp3) is 0.278. The van der Waals surface area contributed by atoms with Crippen LogP contribution in [0.15, 0.2) is 48.5 Å². The van der Waals surface area contributed by atoms with E-state index in [9.17, 15) is 4.79 Å². The highest BCUT2D eigenvalue weighted by atomic mass is 35.5. The van der Waals surface area contributed by atoms with Crippen LogP contribution in [0, 0.1) is 0 Å². The van der Waals surface area contributed by atoms with Gasteiger partial charge in [0.25, 0.3) is 0 Å². The molecule has 116 valence electrons. The van der Waals surface area contributed by atoms with Crippen molar-refractivity contribution in [3.63, 3.8) is 0 Å². The lowest BCUT2D eigenvalue weighted by Gasteiger charge is -2.06. The number of ether oxygens (including phenoxy) is 1. The largest absolute Gasteiger partial charge is 0.497 e. The highest BCUT2D eigenvalue weighted by molar-refractivity contribution is 6.30. The van der Waals surface area contributed by atoms with Crippen molar-refractivity contribution in [2.24, 2.45) is 0 Å². The topological polar surface area (TPSA) is 38.3 Å². The Labute approximate surface area is 136 Å². The van der Waals surface area contributed by atoms with E-state index in [2.05, 4.69) is 5.32 Å². The minimum absolute atomic E-state index is 0.140. The standard InChI is InChI=1S/C18H20ClNO2/c1-22-17-8-4-15(5-9-17)18(21)11-13-20-12-10-14-2-6-16(19)7-3-14/h2-9,20H,10-13H2,1H3. The summed E-state index contributed by atoms with van der Waals surface area (Å²) in [5.41, 5.74) is 1.96. The van der Waals surface area contributed by atoms with Crippen molar-refractivity contribution < 1.29 is 9.53 Å². The minimum atomic E-state index is 0.140.